The van der Waals surface area contributed by atoms with Crippen LogP contribution >= 0.6 is 0 Å². The number of hydrogen-bond acceptors (Lipinski definition) is 6. The van der Waals surface area contributed by atoms with E-state index in [4.69, 9.17) is 0 Å². The number of rotatable bonds is 4. The Morgan fingerprint density at radius 1 is 1.24 bits per heavy atom. The molecule has 0 amide bonds. The summed E-state index contributed by atoms with van der Waals surface area (Å²) >= 11 is 0. The molecule has 25 heavy (non-hydrogen) atoms. The zero-order chi connectivity index (χ0) is 18.0. The average Bonchev–Trinajstić information content (AvgIpc) is 3.01. The molecular weight excluding hydrogens is 333 g/mol. The maximum Gasteiger partial charge on any atom is 0.395 e. The summed E-state index contributed by atoms with van der Waals surface area (Å²) in [4.78, 5) is 27.0. The van der Waals surface area contributed by atoms with Gasteiger partial charge >= 0.3 is 11.2 Å². The molecule has 0 unspecified atom stereocenters. The van der Waals surface area contributed by atoms with Crippen molar-refractivity contribution in [2.75, 3.05) is 0 Å². The molecule has 0 radical (unpaired) electrons. The van der Waals surface area contributed by atoms with Crippen molar-refractivity contribution in [3.05, 3.63) is 68.1 Å². The molecule has 0 bridgehead atoms. The number of aromatic amines is 2. The topological polar surface area (TPSA) is 138 Å². The zero-order valence-corrected chi connectivity index (χ0v) is 12.4. The van der Waals surface area contributed by atoms with Crippen molar-refractivity contribution in [2.24, 2.45) is 0 Å². The van der Waals surface area contributed by atoms with E-state index >= 15 is 0 Å². The lowest BCUT2D eigenvalue weighted by molar-refractivity contribution is -0.387. The number of nitrogens with zero attached hydrogens (tertiary/aromatic N) is 3. The van der Waals surface area contributed by atoms with Crippen molar-refractivity contribution >= 4 is 17.8 Å². The highest BCUT2D eigenvalue weighted by molar-refractivity contribution is 5.77. The lowest BCUT2D eigenvalue weighted by Gasteiger charge is -2.00. The van der Waals surface area contributed by atoms with Crippen molar-refractivity contribution < 1.29 is 14.4 Å². The molecule has 0 spiro atoms. The summed E-state index contributed by atoms with van der Waals surface area (Å²) in [5.74, 6) is -1.41. The van der Waals surface area contributed by atoms with Crippen LogP contribution in [0.2, 0.25) is 0 Å². The summed E-state index contributed by atoms with van der Waals surface area (Å²) < 4.78 is 13.0. The summed E-state index contributed by atoms with van der Waals surface area (Å²) in [5, 5.41) is 26.8. The Morgan fingerprint density at radius 3 is 2.60 bits per heavy atom. The van der Waals surface area contributed by atoms with Crippen LogP contribution in [0.25, 0.3) is 23.4 Å². The van der Waals surface area contributed by atoms with E-state index < -0.39 is 22.0 Å². The molecule has 126 valence electrons. The summed E-state index contributed by atoms with van der Waals surface area (Å²) in [6.07, 6.45) is 4.38. The van der Waals surface area contributed by atoms with Gasteiger partial charge in [-0.15, -0.1) is 0 Å². The molecule has 1 aromatic carbocycles. The van der Waals surface area contributed by atoms with Crippen molar-refractivity contribution in [2.45, 2.75) is 0 Å². The fourth-order valence-corrected chi connectivity index (χ4v) is 2.15. The lowest BCUT2D eigenvalue weighted by Crippen LogP contribution is -2.14. The van der Waals surface area contributed by atoms with Crippen molar-refractivity contribution in [3.63, 3.8) is 0 Å². The van der Waals surface area contributed by atoms with Crippen LogP contribution in [-0.2, 0) is 0 Å². The molecule has 0 saturated heterocycles. The Labute approximate surface area is 138 Å². The Balaban J connectivity index is 1.94. The normalized spacial score (nSPS) is 11.1. The van der Waals surface area contributed by atoms with Crippen molar-refractivity contribution in [3.8, 4) is 17.1 Å². The van der Waals surface area contributed by atoms with Crippen LogP contribution < -0.4 is 5.56 Å². The summed E-state index contributed by atoms with van der Waals surface area (Å²) in [7, 11) is 0. The zero-order valence-electron chi connectivity index (χ0n) is 12.4. The Bertz CT molecular complexity index is 1020. The SMILES string of the molecule is O=c1[nH]c(C=Cc2cn[nH]c2-c2ccc(F)cc2)nc(O)c1[N+](=O)[O-]. The number of hydrogen-bond donors (Lipinski definition) is 3. The minimum absolute atomic E-state index is 0.0700. The molecule has 0 aliphatic carbocycles. The molecule has 3 aromatic rings. The minimum Gasteiger partial charge on any atom is -0.488 e. The fraction of sp³-hybridized carbons (Fsp3) is 0. The van der Waals surface area contributed by atoms with Gasteiger partial charge in [-0.2, -0.15) is 10.1 Å². The van der Waals surface area contributed by atoms with Gasteiger partial charge in [-0.3, -0.25) is 20.0 Å². The molecule has 2 aromatic heterocycles. The van der Waals surface area contributed by atoms with E-state index in [2.05, 4.69) is 20.2 Å². The minimum atomic E-state index is -1.07. The van der Waals surface area contributed by atoms with Gasteiger partial charge in [-0.1, -0.05) is 0 Å². The summed E-state index contributed by atoms with van der Waals surface area (Å²) in [5.41, 5.74) is -0.195. The smallest absolute Gasteiger partial charge is 0.395 e. The van der Waals surface area contributed by atoms with Crippen LogP contribution in [0, 0.1) is 15.9 Å². The number of halogens is 1. The van der Waals surface area contributed by atoms with Crippen LogP contribution in [0.4, 0.5) is 10.1 Å². The Morgan fingerprint density at radius 2 is 1.96 bits per heavy atom. The number of nitro groups is 1. The molecule has 0 atom stereocenters. The van der Waals surface area contributed by atoms with Gasteiger partial charge in [0.15, 0.2) is 0 Å². The maximum atomic E-state index is 13.0. The molecule has 0 aliphatic rings. The molecule has 0 saturated carbocycles. The summed E-state index contributed by atoms with van der Waals surface area (Å²) in [6.45, 7) is 0. The highest BCUT2D eigenvalue weighted by Crippen LogP contribution is 2.23. The Hall–Kier alpha value is -3.82. The second kappa shape index (κ2) is 6.35. The van der Waals surface area contributed by atoms with E-state index in [1.54, 1.807) is 12.1 Å². The number of nitrogens with one attached hydrogen (secondary N) is 2. The fourth-order valence-electron chi connectivity index (χ4n) is 2.15. The lowest BCUT2D eigenvalue weighted by atomic mass is 10.1. The van der Waals surface area contributed by atoms with Crippen LogP contribution in [0.3, 0.4) is 0 Å². The van der Waals surface area contributed by atoms with Gasteiger partial charge in [0.25, 0.3) is 5.88 Å². The van der Waals surface area contributed by atoms with Gasteiger partial charge in [0.2, 0.25) is 0 Å². The third-order valence-electron chi connectivity index (χ3n) is 3.30. The third-order valence-corrected chi connectivity index (χ3v) is 3.30. The van der Waals surface area contributed by atoms with Crippen molar-refractivity contribution in [1.29, 1.82) is 0 Å². The van der Waals surface area contributed by atoms with Crippen LogP contribution in [0.1, 0.15) is 11.4 Å². The van der Waals surface area contributed by atoms with Gasteiger partial charge in [0.05, 0.1) is 16.8 Å². The number of aromatic hydroxyl groups is 1. The predicted octanol–water partition coefficient (Wildman–Crippen LogP) is 2.08. The first-order chi connectivity index (χ1) is 12.0. The third kappa shape index (κ3) is 3.27. The second-order valence-electron chi connectivity index (χ2n) is 4.92. The first-order valence-electron chi connectivity index (χ1n) is 6.91. The van der Waals surface area contributed by atoms with E-state index in [0.29, 0.717) is 16.8 Å². The van der Waals surface area contributed by atoms with Crippen LogP contribution in [0.5, 0.6) is 5.88 Å². The van der Waals surface area contributed by atoms with E-state index in [0.717, 1.165) is 0 Å². The van der Waals surface area contributed by atoms with E-state index in [-0.39, 0.29) is 11.6 Å². The standard InChI is InChI=1S/C15H10FN5O4/c16-10-4-1-8(2-5-10)12-9(7-17-20-12)3-6-11-18-14(22)13(21(24)25)15(23)19-11/h1-7H,(H,17,20)(H2,18,19,22,23). The van der Waals surface area contributed by atoms with E-state index in [1.807, 2.05) is 0 Å². The van der Waals surface area contributed by atoms with Gasteiger partial charge < -0.3 is 10.1 Å². The first-order valence-corrected chi connectivity index (χ1v) is 6.91. The number of H-pyrrole nitrogens is 2. The molecule has 10 heteroatoms. The van der Waals surface area contributed by atoms with E-state index in [1.165, 1.54) is 30.5 Å². The molecule has 3 rings (SSSR count). The molecule has 2 heterocycles. The van der Waals surface area contributed by atoms with Crippen LogP contribution in [0.15, 0.2) is 35.3 Å². The highest BCUT2D eigenvalue weighted by atomic mass is 19.1. The molecular formula is C15H10FN5O4. The number of aromatic nitrogens is 4. The summed E-state index contributed by atoms with van der Waals surface area (Å²) in [6, 6.07) is 5.74. The van der Waals surface area contributed by atoms with Gasteiger partial charge in [-0.25, -0.2) is 4.39 Å². The van der Waals surface area contributed by atoms with Crippen molar-refractivity contribution in [1.82, 2.24) is 20.2 Å². The Kier molecular flexibility index (Phi) is 4.08. The van der Waals surface area contributed by atoms with Gasteiger partial charge in [0, 0.05) is 11.1 Å². The molecule has 3 N–H and O–H groups in total. The van der Waals surface area contributed by atoms with E-state index in [9.17, 15) is 24.4 Å². The van der Waals surface area contributed by atoms with Crippen LogP contribution in [-0.4, -0.2) is 30.2 Å². The molecule has 0 fully saturated rings. The predicted molar refractivity (Wildman–Crippen MR) is 86.1 cm³/mol. The second-order valence-corrected chi connectivity index (χ2v) is 4.92. The molecule has 0 aliphatic heterocycles. The number of benzene rings is 1. The largest absolute Gasteiger partial charge is 0.488 e. The first kappa shape index (κ1) is 16.1. The molecule has 9 nitrogen and oxygen atoms in total. The maximum absolute atomic E-state index is 13.0. The quantitative estimate of drug-likeness (QED) is 0.490. The average molecular weight is 343 g/mol. The van der Waals surface area contributed by atoms with Gasteiger partial charge in [0.1, 0.15) is 11.6 Å². The highest BCUT2D eigenvalue weighted by Gasteiger charge is 2.21. The van der Waals surface area contributed by atoms with Gasteiger partial charge in [-0.05, 0) is 36.4 Å². The monoisotopic (exact) mass is 343 g/mol.